The predicted molar refractivity (Wildman–Crippen MR) is 235 cm³/mol. The average Bonchev–Trinajstić information content (AvgIpc) is 4.08. The van der Waals surface area contributed by atoms with E-state index in [1.807, 2.05) is 107 Å². The summed E-state index contributed by atoms with van der Waals surface area (Å²) >= 11 is 3.42. The van der Waals surface area contributed by atoms with Crippen molar-refractivity contribution in [3.8, 4) is 22.6 Å². The van der Waals surface area contributed by atoms with Crippen LogP contribution in [0.2, 0.25) is 0 Å². The Bertz CT molecular complexity index is 3150. The van der Waals surface area contributed by atoms with E-state index >= 15 is 0 Å². The lowest BCUT2D eigenvalue weighted by atomic mass is 9.78. The van der Waals surface area contributed by atoms with E-state index < -0.39 is 19.0 Å². The van der Waals surface area contributed by atoms with Gasteiger partial charge in [0.1, 0.15) is 11.3 Å². The van der Waals surface area contributed by atoms with Gasteiger partial charge >= 0.3 is 7.12 Å². The van der Waals surface area contributed by atoms with Crippen molar-refractivity contribution >= 4 is 61.5 Å². The Morgan fingerprint density at radius 1 is 0.639 bits per heavy atom. The van der Waals surface area contributed by atoms with Gasteiger partial charge in [0.05, 0.1) is 58.2 Å². The van der Waals surface area contributed by atoms with Crippen LogP contribution in [0.15, 0.2) is 139 Å². The van der Waals surface area contributed by atoms with Crippen molar-refractivity contribution in [1.29, 1.82) is 0 Å². The monoisotopic (exact) mass is 878 g/mol. The summed E-state index contributed by atoms with van der Waals surface area (Å²) in [5.41, 5.74) is 10.2. The highest BCUT2D eigenvalue weighted by molar-refractivity contribution is 9.10. The zero-order chi connectivity index (χ0) is 42.3. The number of aryl methyl sites for hydroxylation is 2. The largest absolute Gasteiger partial charge is 0.516 e. The van der Waals surface area contributed by atoms with Crippen molar-refractivity contribution < 1.29 is 18.1 Å². The van der Waals surface area contributed by atoms with Crippen molar-refractivity contribution in [2.24, 2.45) is 5.41 Å². The second-order valence-electron chi connectivity index (χ2n) is 15.4. The lowest BCUT2D eigenvalue weighted by molar-refractivity contribution is 0.0340. The Morgan fingerprint density at radius 3 is 1.80 bits per heavy atom. The Hall–Kier alpha value is -6.62. The standard InChI is InChI=1S/C20H14FN5.C18H19BFN3O2.C7H5BrN2/c1-13-4-2-5-16-19(15-6-3-11-25-17(15)9-10-23-25)24-26(20(13)16)14-7-8-18(21)22-12-14;1-12-5-4-6-14-16(12)23(13-7-8-15(20)21-9-13)22-17(14)19-24-10-18(2,3)11-25-19;8-6-2-1-5-10-7(6)3-4-9-10/h2-12H,1H3;4-9H,10-11H2,1-3H3;1-5H. The summed E-state index contributed by atoms with van der Waals surface area (Å²) in [6.07, 6.45) is 10.3. The fraction of sp³-hybridized carbons (Fsp3) is 0.156. The van der Waals surface area contributed by atoms with Gasteiger partial charge < -0.3 is 9.31 Å². The van der Waals surface area contributed by atoms with Crippen molar-refractivity contribution in [2.45, 2.75) is 27.7 Å². The molecule has 1 saturated heterocycles. The first-order chi connectivity index (χ1) is 29.5. The third-order valence-electron chi connectivity index (χ3n) is 10.3. The van der Waals surface area contributed by atoms with Crippen LogP contribution in [0, 0.1) is 31.2 Å². The smallest absolute Gasteiger partial charge is 0.406 e. The fourth-order valence-electron chi connectivity index (χ4n) is 7.35. The van der Waals surface area contributed by atoms with Crippen molar-refractivity contribution in [2.75, 3.05) is 13.2 Å². The average molecular weight is 880 g/mol. The molecule has 0 bridgehead atoms. The van der Waals surface area contributed by atoms with Gasteiger partial charge in [0.2, 0.25) is 11.9 Å². The molecule has 2 aromatic carbocycles. The predicted octanol–water partition coefficient (Wildman–Crippen LogP) is 8.92. The zero-order valence-electron chi connectivity index (χ0n) is 33.6. The Labute approximate surface area is 357 Å². The summed E-state index contributed by atoms with van der Waals surface area (Å²) in [4.78, 5) is 7.52. The number of rotatable bonds is 4. The first kappa shape index (κ1) is 39.8. The highest BCUT2D eigenvalue weighted by Crippen LogP contribution is 2.34. The fourth-order valence-corrected chi connectivity index (χ4v) is 7.81. The van der Waals surface area contributed by atoms with E-state index in [-0.39, 0.29) is 5.41 Å². The molecule has 9 heterocycles. The van der Waals surface area contributed by atoms with Crippen LogP contribution in [0.4, 0.5) is 8.78 Å². The molecule has 16 heteroatoms. The van der Waals surface area contributed by atoms with Gasteiger partial charge in [0, 0.05) is 51.8 Å². The maximum atomic E-state index is 13.3. The molecule has 0 radical (unpaired) electrons. The van der Waals surface area contributed by atoms with Gasteiger partial charge in [-0.1, -0.05) is 50.2 Å². The molecular formula is C45H38BBrF2N10O2. The van der Waals surface area contributed by atoms with Gasteiger partial charge in [0.25, 0.3) is 0 Å². The molecule has 12 nitrogen and oxygen atoms in total. The molecule has 0 N–H and O–H groups in total. The van der Waals surface area contributed by atoms with E-state index in [2.05, 4.69) is 56.0 Å². The third kappa shape index (κ3) is 7.92. The number of halogens is 3. The van der Waals surface area contributed by atoms with E-state index in [9.17, 15) is 8.78 Å². The minimum Gasteiger partial charge on any atom is -0.406 e. The molecule has 61 heavy (non-hydrogen) atoms. The second kappa shape index (κ2) is 16.4. The number of pyridine rings is 4. The molecule has 304 valence electrons. The highest BCUT2D eigenvalue weighted by Gasteiger charge is 2.37. The topological polar surface area (TPSA) is 114 Å². The number of fused-ring (bicyclic) bond motifs is 4. The molecule has 0 spiro atoms. The van der Waals surface area contributed by atoms with Crippen LogP contribution in [-0.2, 0) is 9.31 Å². The summed E-state index contributed by atoms with van der Waals surface area (Å²) in [6.45, 7) is 9.49. The second-order valence-corrected chi connectivity index (χ2v) is 16.3. The molecule has 1 fully saturated rings. The van der Waals surface area contributed by atoms with Crippen LogP contribution in [0.3, 0.4) is 0 Å². The first-order valence-corrected chi connectivity index (χ1v) is 20.3. The van der Waals surface area contributed by atoms with Crippen LogP contribution >= 0.6 is 15.9 Å². The van der Waals surface area contributed by atoms with Crippen LogP contribution in [0.25, 0.3) is 55.5 Å². The van der Waals surface area contributed by atoms with E-state index in [1.165, 1.54) is 24.5 Å². The van der Waals surface area contributed by atoms with E-state index in [1.54, 1.807) is 29.2 Å². The van der Waals surface area contributed by atoms with Crippen LogP contribution in [-0.4, -0.2) is 69.1 Å². The normalized spacial score (nSPS) is 13.7. The van der Waals surface area contributed by atoms with Crippen LogP contribution in [0.1, 0.15) is 25.0 Å². The summed E-state index contributed by atoms with van der Waals surface area (Å²) in [5, 5.41) is 20.0. The van der Waals surface area contributed by atoms with Crippen LogP contribution in [0.5, 0.6) is 0 Å². The van der Waals surface area contributed by atoms with Gasteiger partial charge in [0.15, 0.2) is 0 Å². The molecule has 0 unspecified atom stereocenters. The van der Waals surface area contributed by atoms with E-state index in [0.29, 0.717) is 18.9 Å². The highest BCUT2D eigenvalue weighted by atomic mass is 79.9. The molecule has 8 aromatic heterocycles. The lowest BCUT2D eigenvalue weighted by Gasteiger charge is -2.32. The van der Waals surface area contributed by atoms with Crippen molar-refractivity contribution in [1.82, 2.24) is 48.8 Å². The number of benzene rings is 2. The van der Waals surface area contributed by atoms with Gasteiger partial charge in [-0.2, -0.15) is 29.2 Å². The number of hydrogen-bond acceptors (Lipinski definition) is 8. The first-order valence-electron chi connectivity index (χ1n) is 19.5. The Kier molecular flexibility index (Phi) is 10.7. The quantitative estimate of drug-likeness (QED) is 0.127. The van der Waals surface area contributed by atoms with Crippen molar-refractivity contribution in [3.05, 3.63) is 162 Å². The van der Waals surface area contributed by atoms with Gasteiger partial charge in [-0.15, -0.1) is 0 Å². The summed E-state index contributed by atoms with van der Waals surface area (Å²) < 4.78 is 46.6. The zero-order valence-corrected chi connectivity index (χ0v) is 35.2. The molecule has 0 atom stereocenters. The Morgan fingerprint density at radius 2 is 1.20 bits per heavy atom. The molecule has 0 aliphatic carbocycles. The minimum absolute atomic E-state index is 0.00827. The van der Waals surface area contributed by atoms with E-state index in [4.69, 9.17) is 19.5 Å². The van der Waals surface area contributed by atoms with Crippen LogP contribution < -0.4 is 5.59 Å². The molecule has 0 saturated carbocycles. The molecule has 10 aromatic rings. The molecular weight excluding hydrogens is 841 g/mol. The maximum absolute atomic E-state index is 13.3. The summed E-state index contributed by atoms with van der Waals surface area (Å²) in [7, 11) is -0.507. The summed E-state index contributed by atoms with van der Waals surface area (Å²) in [6, 6.07) is 30.0. The van der Waals surface area contributed by atoms with E-state index in [0.717, 1.165) is 71.0 Å². The van der Waals surface area contributed by atoms with Gasteiger partial charge in [-0.3, -0.25) is 0 Å². The number of hydrogen-bond donors (Lipinski definition) is 0. The van der Waals surface area contributed by atoms with Crippen molar-refractivity contribution in [3.63, 3.8) is 0 Å². The maximum Gasteiger partial charge on any atom is 0.516 e. The number of aromatic nitrogens is 10. The molecule has 1 aliphatic rings. The molecule has 11 rings (SSSR count). The SMILES string of the molecule is Brc1cccn2nccc12.Cc1cccc2c(-c3cccn4nccc34)nn(-c3ccc(F)nc3)c12.Cc1cccc2c(B3OCC(C)(C)CO3)nn(-c3ccc(F)nc3)c12. The minimum atomic E-state index is -0.515. The Balaban J connectivity index is 0.000000128. The number of nitrogens with zero attached hydrogens (tertiary/aromatic N) is 10. The van der Waals surface area contributed by atoms with Gasteiger partial charge in [-0.25, -0.2) is 28.4 Å². The molecule has 1 aliphatic heterocycles. The number of para-hydroxylation sites is 2. The lowest BCUT2D eigenvalue weighted by Crippen LogP contribution is -2.48. The summed E-state index contributed by atoms with van der Waals surface area (Å²) in [5.74, 6) is -1.02. The molecule has 0 amide bonds. The third-order valence-corrected chi connectivity index (χ3v) is 11.0. The van der Waals surface area contributed by atoms with Gasteiger partial charge in [-0.05, 0) is 102 Å².